The molecule has 1 aromatic rings. The van der Waals surface area contributed by atoms with Crippen LogP contribution in [0.1, 0.15) is 13.3 Å². The van der Waals surface area contributed by atoms with Gasteiger partial charge in [-0.15, -0.1) is 10.2 Å². The molecule has 21 heavy (non-hydrogen) atoms. The first-order valence-corrected chi connectivity index (χ1v) is 8.88. The highest BCUT2D eigenvalue weighted by Crippen LogP contribution is 2.20. The van der Waals surface area contributed by atoms with Crippen molar-refractivity contribution in [3.05, 3.63) is 0 Å². The molecular weight excluding hydrogens is 316 g/mol. The molecule has 0 atom stereocenters. The van der Waals surface area contributed by atoms with Gasteiger partial charge in [0.05, 0.1) is 0 Å². The summed E-state index contributed by atoms with van der Waals surface area (Å²) in [5.74, 6) is 0. The molecule has 0 bridgehead atoms. The number of nitrogens with zero attached hydrogens (tertiary/aromatic N) is 3. The first-order valence-electron chi connectivity index (χ1n) is 6.62. The molecule has 2 heterocycles. The van der Waals surface area contributed by atoms with E-state index in [1.54, 1.807) is 0 Å². The summed E-state index contributed by atoms with van der Waals surface area (Å²) < 4.78 is 31.0. The first-order chi connectivity index (χ1) is 9.90. The maximum Gasteiger partial charge on any atom is 0.359 e. The Morgan fingerprint density at radius 1 is 1.33 bits per heavy atom. The van der Waals surface area contributed by atoms with Crippen molar-refractivity contribution in [2.75, 3.05) is 49.8 Å². The average molecular weight is 338 g/mol. The fourth-order valence-electron chi connectivity index (χ4n) is 1.45. The molecule has 1 aliphatic rings. The van der Waals surface area contributed by atoms with Crippen LogP contribution in [0.4, 0.5) is 10.3 Å². The second-order valence-corrected chi connectivity index (χ2v) is 6.60. The van der Waals surface area contributed by atoms with E-state index in [0.29, 0.717) is 5.13 Å². The normalized spacial score (nSPS) is 16.0. The Kier molecular flexibility index (Phi) is 7.82. The number of anilines is 2. The first kappa shape index (κ1) is 18.0. The summed E-state index contributed by atoms with van der Waals surface area (Å²) in [5, 5.41) is 13.9. The van der Waals surface area contributed by atoms with Crippen molar-refractivity contribution in [2.45, 2.75) is 13.3 Å². The van der Waals surface area contributed by atoms with Gasteiger partial charge in [-0.1, -0.05) is 18.3 Å². The highest BCUT2D eigenvalue weighted by molar-refractivity contribution is 7.87. The topological polar surface area (TPSA) is 119 Å². The lowest BCUT2D eigenvalue weighted by Crippen LogP contribution is -2.40. The lowest BCUT2D eigenvalue weighted by atomic mass is 10.4. The third-order valence-electron chi connectivity index (χ3n) is 2.51. The number of nitrogens with one attached hydrogen (secondary N) is 3. The van der Waals surface area contributed by atoms with E-state index in [0.717, 1.165) is 37.4 Å². The predicted octanol–water partition coefficient (Wildman–Crippen LogP) is 0.0961. The molecule has 1 fully saturated rings. The minimum atomic E-state index is -4.25. The van der Waals surface area contributed by atoms with Crippen LogP contribution >= 0.6 is 11.3 Å². The molecule has 122 valence electrons. The molecule has 0 amide bonds. The van der Waals surface area contributed by atoms with Crippen molar-refractivity contribution >= 4 is 31.9 Å². The van der Waals surface area contributed by atoms with Crippen LogP contribution in [-0.2, 0) is 10.3 Å². The van der Waals surface area contributed by atoms with Gasteiger partial charge in [-0.05, 0) is 13.5 Å². The fraction of sp³-hybridized carbons (Fsp3) is 0.800. The number of hydrogen-bond acceptors (Lipinski definition) is 8. The molecule has 1 saturated heterocycles. The van der Waals surface area contributed by atoms with Crippen molar-refractivity contribution in [3.63, 3.8) is 0 Å². The molecule has 1 aliphatic heterocycles. The average Bonchev–Trinajstić information content (AvgIpc) is 2.83. The molecule has 11 heteroatoms. The van der Waals surface area contributed by atoms with Gasteiger partial charge in [-0.2, -0.15) is 8.42 Å². The molecule has 0 aliphatic carbocycles. The van der Waals surface area contributed by atoms with Gasteiger partial charge in [0.15, 0.2) is 0 Å². The summed E-state index contributed by atoms with van der Waals surface area (Å²) in [6.07, 6.45) is 0.931. The zero-order valence-electron chi connectivity index (χ0n) is 12.2. The number of aromatic nitrogens is 2. The van der Waals surface area contributed by atoms with E-state index < -0.39 is 10.3 Å². The number of rotatable bonds is 5. The van der Waals surface area contributed by atoms with Gasteiger partial charge in [0, 0.05) is 32.7 Å². The van der Waals surface area contributed by atoms with Crippen molar-refractivity contribution < 1.29 is 13.0 Å². The Morgan fingerprint density at radius 3 is 2.43 bits per heavy atom. The molecule has 0 radical (unpaired) electrons. The minimum Gasteiger partial charge on any atom is -0.360 e. The Balaban J connectivity index is 0.000000262. The maximum absolute atomic E-state index is 10.4. The Labute approximate surface area is 129 Å². The van der Waals surface area contributed by atoms with Crippen LogP contribution in [0.15, 0.2) is 0 Å². The van der Waals surface area contributed by atoms with Crippen molar-refractivity contribution in [3.8, 4) is 0 Å². The lowest BCUT2D eigenvalue weighted by Gasteiger charge is -2.21. The van der Waals surface area contributed by atoms with Gasteiger partial charge in [-0.3, -0.25) is 4.55 Å². The van der Waals surface area contributed by atoms with Crippen molar-refractivity contribution in [1.29, 1.82) is 0 Å². The Bertz CT molecular complexity index is 501. The van der Waals surface area contributed by atoms with E-state index >= 15 is 0 Å². The minimum absolute atomic E-state index is 0.0334. The van der Waals surface area contributed by atoms with Crippen LogP contribution in [0.25, 0.3) is 0 Å². The fourth-order valence-corrected chi connectivity index (χ4v) is 2.72. The second kappa shape index (κ2) is 9.10. The van der Waals surface area contributed by atoms with Gasteiger partial charge < -0.3 is 15.5 Å². The third-order valence-corrected chi connectivity index (χ3v) is 3.89. The van der Waals surface area contributed by atoms with Crippen LogP contribution in [0, 0.1) is 0 Å². The monoisotopic (exact) mass is 338 g/mol. The van der Waals surface area contributed by atoms with Crippen molar-refractivity contribution in [1.82, 2.24) is 20.4 Å². The summed E-state index contributed by atoms with van der Waals surface area (Å²) in [4.78, 5) is 2.33. The summed E-state index contributed by atoms with van der Waals surface area (Å²) in [7, 11) is -2.10. The van der Waals surface area contributed by atoms with Gasteiger partial charge in [0.2, 0.25) is 10.3 Å². The highest BCUT2D eigenvalue weighted by Gasteiger charge is 2.09. The quantitative estimate of drug-likeness (QED) is 0.558. The number of piperazine rings is 1. The van der Waals surface area contributed by atoms with Gasteiger partial charge in [-0.25, -0.2) is 4.72 Å². The molecule has 9 nitrogen and oxygen atoms in total. The van der Waals surface area contributed by atoms with Gasteiger partial charge in [0.1, 0.15) is 0 Å². The van der Waals surface area contributed by atoms with Crippen LogP contribution in [0.3, 0.4) is 0 Å². The molecule has 1 aromatic heterocycles. The molecule has 0 aromatic carbocycles. The van der Waals surface area contributed by atoms with E-state index in [9.17, 15) is 8.42 Å². The van der Waals surface area contributed by atoms with Crippen LogP contribution in [0.5, 0.6) is 0 Å². The third kappa shape index (κ3) is 8.78. The maximum atomic E-state index is 10.4. The lowest BCUT2D eigenvalue weighted by molar-refractivity contribution is 0.291. The number of hydrogen-bond donors (Lipinski definition) is 4. The van der Waals surface area contributed by atoms with E-state index in [2.05, 4.69) is 32.8 Å². The summed E-state index contributed by atoms with van der Waals surface area (Å²) in [5.41, 5.74) is 0. The van der Waals surface area contributed by atoms with E-state index in [1.807, 2.05) is 11.6 Å². The Morgan fingerprint density at radius 2 is 1.95 bits per heavy atom. The van der Waals surface area contributed by atoms with Crippen LogP contribution in [-0.4, -0.2) is 67.8 Å². The largest absolute Gasteiger partial charge is 0.360 e. The van der Waals surface area contributed by atoms with Crippen LogP contribution in [0.2, 0.25) is 0 Å². The molecule has 0 unspecified atom stereocenters. The van der Waals surface area contributed by atoms with Gasteiger partial charge in [0.25, 0.3) is 0 Å². The zero-order chi connectivity index (χ0) is 15.7. The molecule has 0 saturated carbocycles. The van der Waals surface area contributed by atoms with E-state index in [-0.39, 0.29) is 5.13 Å². The SMILES string of the molecule is CCCNc1nnc(NS(=O)(=O)O)s1.CN1CCNCC1. The standard InChI is InChI=1S/C5H10N4O3S2.C5H12N2/c1-2-3-6-4-7-8-5(13-4)9-14(10,11)12;1-7-4-2-6-3-5-7/h2-3H2,1H3,(H,6,7)(H,8,9)(H,10,11,12);6H,2-5H2,1H3. The van der Waals surface area contributed by atoms with Gasteiger partial charge >= 0.3 is 10.3 Å². The molecule has 2 rings (SSSR count). The zero-order valence-corrected chi connectivity index (χ0v) is 13.8. The number of likely N-dealkylation sites (N-methyl/N-ethyl adjacent to an activating group) is 1. The Hall–Kier alpha value is -1.01. The predicted molar refractivity (Wildman–Crippen MR) is 84.2 cm³/mol. The molecular formula is C10H22N6O3S2. The smallest absolute Gasteiger partial charge is 0.359 e. The van der Waals surface area contributed by atoms with Crippen molar-refractivity contribution in [2.24, 2.45) is 0 Å². The summed E-state index contributed by atoms with van der Waals surface area (Å²) >= 11 is 1.02. The second-order valence-electron chi connectivity index (χ2n) is 4.47. The van der Waals surface area contributed by atoms with Crippen LogP contribution < -0.4 is 15.4 Å². The summed E-state index contributed by atoms with van der Waals surface area (Å²) in [6.45, 7) is 7.47. The highest BCUT2D eigenvalue weighted by atomic mass is 32.2. The molecule has 4 N–H and O–H groups in total. The summed E-state index contributed by atoms with van der Waals surface area (Å²) in [6, 6.07) is 0. The van der Waals surface area contributed by atoms with E-state index in [4.69, 9.17) is 4.55 Å². The molecule has 0 spiro atoms. The van der Waals surface area contributed by atoms with E-state index in [1.165, 1.54) is 13.1 Å².